The summed E-state index contributed by atoms with van der Waals surface area (Å²) in [5.41, 5.74) is 0.351. The van der Waals surface area contributed by atoms with E-state index in [0.717, 1.165) is 7.88 Å². The lowest BCUT2D eigenvalue weighted by Gasteiger charge is -2.24. The number of ether oxygens (including phenoxy) is 1. The molecule has 0 aliphatic carbocycles. The first-order chi connectivity index (χ1) is 12.1. The summed E-state index contributed by atoms with van der Waals surface area (Å²) in [7, 11) is -4.05. The average Bonchev–Trinajstić information content (AvgIpc) is 2.54. The number of benzene rings is 2. The molecule has 2 aromatic carbocycles. The van der Waals surface area contributed by atoms with Crippen molar-refractivity contribution in [1.29, 1.82) is 0 Å². The topological polar surface area (TPSA) is 63.7 Å². The van der Waals surface area contributed by atoms with Crippen LogP contribution < -0.4 is 4.31 Å². The molecule has 0 atom stereocenters. The second-order valence-electron chi connectivity index (χ2n) is 5.61. The van der Waals surface area contributed by atoms with E-state index in [0.29, 0.717) is 5.69 Å². The van der Waals surface area contributed by atoms with E-state index in [1.54, 1.807) is 32.0 Å². The van der Waals surface area contributed by atoms with E-state index < -0.39 is 22.5 Å². The van der Waals surface area contributed by atoms with Gasteiger partial charge in [-0.05, 0) is 72.8 Å². The molecule has 0 bridgehead atoms. The third-order valence-corrected chi connectivity index (χ3v) is 6.39. The first-order valence-corrected chi connectivity index (χ1v) is 10.8. The molecule has 0 aromatic heterocycles. The normalized spacial score (nSPS) is 11.5. The van der Waals surface area contributed by atoms with Gasteiger partial charge in [0, 0.05) is 3.57 Å². The number of carbonyl (C=O) groups is 1. The van der Waals surface area contributed by atoms with Gasteiger partial charge in [-0.3, -0.25) is 9.10 Å². The number of anilines is 1. The zero-order chi connectivity index (χ0) is 19.5. The molecule has 0 saturated heterocycles. The standard InChI is InChI=1S/C17H16Cl2INO4S/c1-11(2)25-17(22)10-21(13-5-3-4-12(20)8-13)26(23,24)14-6-7-15(18)16(19)9-14/h3-9,11H,10H2,1-2H3. The predicted molar refractivity (Wildman–Crippen MR) is 111 cm³/mol. The number of carbonyl (C=O) groups excluding carboxylic acids is 1. The van der Waals surface area contributed by atoms with Crippen molar-refractivity contribution in [3.05, 3.63) is 56.1 Å². The van der Waals surface area contributed by atoms with Crippen LogP contribution in [-0.4, -0.2) is 27.0 Å². The van der Waals surface area contributed by atoms with E-state index in [2.05, 4.69) is 22.6 Å². The Bertz CT molecular complexity index is 919. The van der Waals surface area contributed by atoms with E-state index in [4.69, 9.17) is 27.9 Å². The van der Waals surface area contributed by atoms with Crippen LogP contribution in [0, 0.1) is 3.57 Å². The van der Waals surface area contributed by atoms with Crippen molar-refractivity contribution in [2.45, 2.75) is 24.8 Å². The van der Waals surface area contributed by atoms with E-state index in [1.807, 2.05) is 6.07 Å². The number of esters is 1. The van der Waals surface area contributed by atoms with Crippen LogP contribution in [-0.2, 0) is 19.6 Å². The molecule has 0 saturated carbocycles. The Kier molecular flexibility index (Phi) is 7.18. The summed E-state index contributed by atoms with van der Waals surface area (Å²) in [4.78, 5) is 12.1. The minimum atomic E-state index is -4.05. The van der Waals surface area contributed by atoms with Crippen molar-refractivity contribution >= 4 is 67.5 Å². The second kappa shape index (κ2) is 8.77. The highest BCUT2D eigenvalue weighted by Crippen LogP contribution is 2.29. The molecular weight excluding hydrogens is 512 g/mol. The third kappa shape index (κ3) is 5.25. The summed E-state index contributed by atoms with van der Waals surface area (Å²) in [5, 5.41) is 0.353. The highest BCUT2D eigenvalue weighted by molar-refractivity contribution is 14.1. The van der Waals surface area contributed by atoms with E-state index in [1.165, 1.54) is 18.2 Å². The number of hydrogen-bond acceptors (Lipinski definition) is 4. The van der Waals surface area contributed by atoms with Crippen molar-refractivity contribution in [3.8, 4) is 0 Å². The lowest BCUT2D eigenvalue weighted by molar-refractivity contribution is -0.145. The fourth-order valence-electron chi connectivity index (χ4n) is 2.13. The number of rotatable bonds is 6. The summed E-state index contributed by atoms with van der Waals surface area (Å²) >= 11 is 13.9. The molecule has 26 heavy (non-hydrogen) atoms. The molecule has 0 unspecified atom stereocenters. The van der Waals surface area contributed by atoms with Gasteiger partial charge >= 0.3 is 5.97 Å². The van der Waals surface area contributed by atoms with Gasteiger partial charge in [-0.2, -0.15) is 0 Å². The summed E-state index contributed by atoms with van der Waals surface area (Å²) in [6.07, 6.45) is -0.354. The molecule has 0 amide bonds. The fraction of sp³-hybridized carbons (Fsp3) is 0.235. The van der Waals surface area contributed by atoms with E-state index in [-0.39, 0.29) is 21.0 Å². The van der Waals surface area contributed by atoms with Gasteiger partial charge in [0.2, 0.25) is 0 Å². The summed E-state index contributed by atoms with van der Waals surface area (Å²) < 4.78 is 33.2. The lowest BCUT2D eigenvalue weighted by atomic mass is 10.3. The van der Waals surface area contributed by atoms with Gasteiger partial charge in [-0.15, -0.1) is 0 Å². The first-order valence-electron chi connectivity index (χ1n) is 7.54. The molecule has 140 valence electrons. The van der Waals surface area contributed by atoms with Crippen LogP contribution in [0.15, 0.2) is 47.4 Å². The molecule has 9 heteroatoms. The van der Waals surface area contributed by atoms with Crippen LogP contribution in [0.5, 0.6) is 0 Å². The van der Waals surface area contributed by atoms with E-state index in [9.17, 15) is 13.2 Å². The van der Waals surface area contributed by atoms with Crippen molar-refractivity contribution < 1.29 is 17.9 Å². The van der Waals surface area contributed by atoms with Gasteiger partial charge in [0.1, 0.15) is 6.54 Å². The quantitative estimate of drug-likeness (QED) is 0.402. The molecule has 0 spiro atoms. The van der Waals surface area contributed by atoms with Gasteiger partial charge in [0.05, 0.1) is 26.7 Å². The molecule has 0 aliphatic heterocycles. The molecule has 2 aromatic rings. The van der Waals surface area contributed by atoms with Gasteiger partial charge in [-0.25, -0.2) is 8.42 Å². The lowest BCUT2D eigenvalue weighted by Crippen LogP contribution is -2.37. The van der Waals surface area contributed by atoms with Crippen molar-refractivity contribution in [2.75, 3.05) is 10.8 Å². The Balaban J connectivity index is 2.51. The Morgan fingerprint density at radius 2 is 1.85 bits per heavy atom. The molecule has 0 heterocycles. The fourth-order valence-corrected chi connectivity index (χ4v) is 4.45. The maximum Gasteiger partial charge on any atom is 0.327 e. The van der Waals surface area contributed by atoms with Crippen molar-refractivity contribution in [1.82, 2.24) is 0 Å². The Labute approximate surface area is 176 Å². The number of hydrogen-bond donors (Lipinski definition) is 0. The highest BCUT2D eigenvalue weighted by atomic mass is 127. The van der Waals surface area contributed by atoms with Gasteiger partial charge in [0.15, 0.2) is 0 Å². The van der Waals surface area contributed by atoms with Gasteiger partial charge in [0.25, 0.3) is 10.0 Å². The van der Waals surface area contributed by atoms with Crippen molar-refractivity contribution in [2.24, 2.45) is 0 Å². The monoisotopic (exact) mass is 527 g/mol. The average molecular weight is 528 g/mol. The SMILES string of the molecule is CC(C)OC(=O)CN(c1cccc(I)c1)S(=O)(=O)c1ccc(Cl)c(Cl)c1. The van der Waals surface area contributed by atoms with Crippen LogP contribution >= 0.6 is 45.8 Å². The Morgan fingerprint density at radius 1 is 1.15 bits per heavy atom. The zero-order valence-corrected chi connectivity index (χ0v) is 18.4. The molecule has 0 aliphatic rings. The van der Waals surface area contributed by atoms with Crippen LogP contribution in [0.25, 0.3) is 0 Å². The smallest absolute Gasteiger partial charge is 0.327 e. The predicted octanol–water partition coefficient (Wildman–Crippen LogP) is 4.74. The summed E-state index contributed by atoms with van der Waals surface area (Å²) in [6.45, 7) is 2.93. The minimum absolute atomic E-state index is 0.0666. The van der Waals surface area contributed by atoms with Gasteiger partial charge < -0.3 is 4.74 Å². The zero-order valence-electron chi connectivity index (χ0n) is 13.9. The van der Waals surface area contributed by atoms with Crippen LogP contribution in [0.2, 0.25) is 10.0 Å². The van der Waals surface area contributed by atoms with Gasteiger partial charge in [-0.1, -0.05) is 29.3 Å². The number of sulfonamides is 1. The highest BCUT2D eigenvalue weighted by Gasteiger charge is 2.28. The Hall–Kier alpha value is -1.03. The maximum absolute atomic E-state index is 13.1. The molecule has 0 radical (unpaired) electrons. The largest absolute Gasteiger partial charge is 0.462 e. The molecule has 0 N–H and O–H groups in total. The Morgan fingerprint density at radius 3 is 2.42 bits per heavy atom. The minimum Gasteiger partial charge on any atom is -0.462 e. The summed E-state index contributed by atoms with van der Waals surface area (Å²) in [6, 6.07) is 10.8. The number of nitrogens with zero attached hydrogens (tertiary/aromatic N) is 1. The molecular formula is C17H16Cl2INO4S. The third-order valence-electron chi connectivity index (χ3n) is 3.22. The van der Waals surface area contributed by atoms with E-state index >= 15 is 0 Å². The molecule has 5 nitrogen and oxygen atoms in total. The van der Waals surface area contributed by atoms with Crippen molar-refractivity contribution in [3.63, 3.8) is 0 Å². The first kappa shape index (κ1) is 21.3. The molecule has 0 fully saturated rings. The second-order valence-corrected chi connectivity index (χ2v) is 9.53. The molecule has 2 rings (SSSR count). The van der Waals surface area contributed by atoms with Crippen LogP contribution in [0.4, 0.5) is 5.69 Å². The maximum atomic E-state index is 13.1. The summed E-state index contributed by atoms with van der Waals surface area (Å²) in [5.74, 6) is -0.650. The number of halogens is 3. The van der Waals surface area contributed by atoms with Crippen LogP contribution in [0.1, 0.15) is 13.8 Å². The van der Waals surface area contributed by atoms with Crippen LogP contribution in [0.3, 0.4) is 0 Å².